The van der Waals surface area contributed by atoms with Crippen molar-refractivity contribution in [1.82, 2.24) is 15.3 Å². The number of aromatic nitrogens is 2. The molecule has 0 atom stereocenters. The number of carbonyl (C=O) groups excluding carboxylic acids is 1. The first-order valence-corrected chi connectivity index (χ1v) is 9.38. The molecular formula is C22H26N4O3. The first-order valence-electron chi connectivity index (χ1n) is 9.38. The number of hydrogen-bond donors (Lipinski definition) is 2. The van der Waals surface area contributed by atoms with Gasteiger partial charge in [-0.3, -0.25) is 9.59 Å². The third kappa shape index (κ3) is 5.13. The summed E-state index contributed by atoms with van der Waals surface area (Å²) in [6.45, 7) is 5.65. The second kappa shape index (κ2) is 7.95. The summed E-state index contributed by atoms with van der Waals surface area (Å²) < 4.78 is 5.60. The molecule has 0 radical (unpaired) electrons. The van der Waals surface area contributed by atoms with Crippen molar-refractivity contribution in [3.63, 3.8) is 0 Å². The molecule has 1 aromatic heterocycles. The first-order chi connectivity index (χ1) is 13.6. The Morgan fingerprint density at radius 2 is 1.93 bits per heavy atom. The number of ether oxygens (including phenoxy) is 1. The summed E-state index contributed by atoms with van der Waals surface area (Å²) in [5, 5.41) is 3.38. The quantitative estimate of drug-likeness (QED) is 0.695. The van der Waals surface area contributed by atoms with Crippen LogP contribution in [-0.2, 0) is 4.79 Å². The lowest BCUT2D eigenvalue weighted by Gasteiger charge is -2.20. The van der Waals surface area contributed by atoms with Gasteiger partial charge in [-0.15, -0.1) is 0 Å². The zero-order chi connectivity index (χ0) is 21.2. The third-order valence-corrected chi connectivity index (χ3v) is 4.20. The van der Waals surface area contributed by atoms with E-state index in [4.69, 9.17) is 4.74 Å². The Morgan fingerprint density at radius 3 is 2.62 bits per heavy atom. The zero-order valence-electron chi connectivity index (χ0n) is 17.4. The van der Waals surface area contributed by atoms with Crippen LogP contribution in [0.1, 0.15) is 20.8 Å². The molecule has 152 valence electrons. The second-order valence-electron chi connectivity index (χ2n) is 8.13. The monoisotopic (exact) mass is 394 g/mol. The summed E-state index contributed by atoms with van der Waals surface area (Å²) in [7, 11) is 3.84. The van der Waals surface area contributed by atoms with Gasteiger partial charge in [0.25, 0.3) is 11.5 Å². The molecule has 1 amide bonds. The van der Waals surface area contributed by atoms with E-state index in [9.17, 15) is 9.59 Å². The molecule has 0 spiro atoms. The van der Waals surface area contributed by atoms with Crippen LogP contribution < -0.4 is 20.5 Å². The molecule has 2 N–H and O–H groups in total. The largest absolute Gasteiger partial charge is 0.484 e. The lowest BCUT2D eigenvalue weighted by Crippen LogP contribution is -2.43. The van der Waals surface area contributed by atoms with Crippen molar-refractivity contribution in [2.75, 3.05) is 25.6 Å². The van der Waals surface area contributed by atoms with Crippen LogP contribution in [0.3, 0.4) is 0 Å². The van der Waals surface area contributed by atoms with Crippen LogP contribution in [0.25, 0.3) is 22.3 Å². The van der Waals surface area contributed by atoms with E-state index in [1.165, 1.54) is 0 Å². The number of amides is 1. The first kappa shape index (κ1) is 20.4. The minimum Gasteiger partial charge on any atom is -0.484 e. The van der Waals surface area contributed by atoms with Crippen molar-refractivity contribution in [1.29, 1.82) is 0 Å². The lowest BCUT2D eigenvalue weighted by atomic mass is 10.1. The van der Waals surface area contributed by atoms with Gasteiger partial charge in [-0.25, -0.2) is 4.98 Å². The Morgan fingerprint density at radius 1 is 1.17 bits per heavy atom. The molecule has 0 fully saturated rings. The highest BCUT2D eigenvalue weighted by Gasteiger charge is 2.14. The number of nitrogens with one attached hydrogen (secondary N) is 2. The summed E-state index contributed by atoms with van der Waals surface area (Å²) in [6, 6.07) is 12.7. The number of hydrogen-bond acceptors (Lipinski definition) is 5. The molecular weight excluding hydrogens is 368 g/mol. The van der Waals surface area contributed by atoms with Crippen LogP contribution in [-0.4, -0.2) is 42.1 Å². The molecule has 1 heterocycles. The van der Waals surface area contributed by atoms with Crippen LogP contribution >= 0.6 is 0 Å². The van der Waals surface area contributed by atoms with Crippen molar-refractivity contribution in [2.45, 2.75) is 26.3 Å². The molecule has 0 unspecified atom stereocenters. The van der Waals surface area contributed by atoms with E-state index in [0.29, 0.717) is 28.0 Å². The average Bonchev–Trinajstić information content (AvgIpc) is 2.65. The molecule has 0 bridgehead atoms. The molecule has 29 heavy (non-hydrogen) atoms. The number of nitrogens with zero attached hydrogens (tertiary/aromatic N) is 2. The van der Waals surface area contributed by atoms with Gasteiger partial charge in [-0.05, 0) is 51.1 Å². The molecule has 7 heteroatoms. The number of carbonyl (C=O) groups is 1. The minimum atomic E-state index is -0.316. The van der Waals surface area contributed by atoms with Gasteiger partial charge in [0, 0.05) is 30.9 Å². The maximum absolute atomic E-state index is 12.6. The summed E-state index contributed by atoms with van der Waals surface area (Å²) in [6.07, 6.45) is 0. The minimum absolute atomic E-state index is 0.0876. The fraction of sp³-hybridized carbons (Fsp3) is 0.318. The number of benzene rings is 2. The fourth-order valence-corrected chi connectivity index (χ4v) is 2.88. The average molecular weight is 394 g/mol. The van der Waals surface area contributed by atoms with E-state index < -0.39 is 0 Å². The zero-order valence-corrected chi connectivity index (χ0v) is 17.4. The fourth-order valence-electron chi connectivity index (χ4n) is 2.88. The lowest BCUT2D eigenvalue weighted by molar-refractivity contribution is -0.124. The van der Waals surface area contributed by atoms with Crippen LogP contribution in [0.2, 0.25) is 0 Å². The topological polar surface area (TPSA) is 87.3 Å². The van der Waals surface area contributed by atoms with Crippen molar-refractivity contribution in [3.8, 4) is 17.1 Å². The molecule has 0 aliphatic carbocycles. The Kier molecular flexibility index (Phi) is 5.59. The van der Waals surface area contributed by atoms with E-state index in [1.807, 2.05) is 64.0 Å². The predicted octanol–water partition coefficient (Wildman–Crippen LogP) is 2.95. The van der Waals surface area contributed by atoms with E-state index in [1.54, 1.807) is 18.2 Å². The van der Waals surface area contributed by atoms with Gasteiger partial charge in [0.1, 0.15) is 11.6 Å². The molecule has 0 aliphatic rings. The van der Waals surface area contributed by atoms with Crippen LogP contribution in [0.15, 0.2) is 47.3 Å². The van der Waals surface area contributed by atoms with Crippen molar-refractivity contribution in [3.05, 3.63) is 52.8 Å². The summed E-state index contributed by atoms with van der Waals surface area (Å²) in [4.78, 5) is 33.9. The number of aromatic amines is 1. The highest BCUT2D eigenvalue weighted by molar-refractivity contribution is 5.83. The molecule has 7 nitrogen and oxygen atoms in total. The van der Waals surface area contributed by atoms with E-state index in [2.05, 4.69) is 15.3 Å². The third-order valence-electron chi connectivity index (χ3n) is 4.20. The van der Waals surface area contributed by atoms with Crippen molar-refractivity contribution >= 4 is 22.5 Å². The summed E-state index contributed by atoms with van der Waals surface area (Å²) in [5.74, 6) is 0.777. The van der Waals surface area contributed by atoms with Crippen LogP contribution in [0.5, 0.6) is 5.75 Å². The highest BCUT2D eigenvalue weighted by atomic mass is 16.5. The van der Waals surface area contributed by atoms with Gasteiger partial charge in [-0.2, -0.15) is 0 Å². The number of fused-ring (bicyclic) bond motifs is 1. The van der Waals surface area contributed by atoms with Crippen molar-refractivity contribution in [2.24, 2.45) is 0 Å². The smallest absolute Gasteiger partial charge is 0.259 e. The molecule has 3 rings (SSSR count). The van der Waals surface area contributed by atoms with E-state index >= 15 is 0 Å². The molecule has 2 aromatic carbocycles. The van der Waals surface area contributed by atoms with Crippen LogP contribution in [0.4, 0.5) is 5.69 Å². The number of H-pyrrole nitrogens is 1. The maximum Gasteiger partial charge on any atom is 0.259 e. The number of rotatable bonds is 5. The standard InChI is InChI=1S/C22H26N4O3/c1-22(2,3)25-19(27)13-29-16-8-6-7-14(11-16)20-23-18-10-9-15(26(4)5)12-17(18)21(28)24-20/h6-12H,13H2,1-5H3,(H,25,27)(H,23,24,28). The van der Waals surface area contributed by atoms with Gasteiger partial charge >= 0.3 is 0 Å². The Balaban J connectivity index is 1.85. The van der Waals surface area contributed by atoms with Gasteiger partial charge in [0.2, 0.25) is 0 Å². The molecule has 3 aromatic rings. The molecule has 0 saturated carbocycles. The molecule has 0 saturated heterocycles. The SMILES string of the molecule is CN(C)c1ccc2nc(-c3cccc(OCC(=O)NC(C)(C)C)c3)[nH]c(=O)c2c1. The second-order valence-corrected chi connectivity index (χ2v) is 8.13. The molecule has 0 aliphatic heterocycles. The van der Waals surface area contributed by atoms with Gasteiger partial charge in [-0.1, -0.05) is 12.1 Å². The van der Waals surface area contributed by atoms with E-state index in [-0.39, 0.29) is 23.6 Å². The summed E-state index contributed by atoms with van der Waals surface area (Å²) >= 11 is 0. The Labute approximate surface area is 169 Å². The summed E-state index contributed by atoms with van der Waals surface area (Å²) in [5.41, 5.74) is 1.73. The normalized spacial score (nSPS) is 11.3. The van der Waals surface area contributed by atoms with Crippen LogP contribution in [0, 0.1) is 0 Å². The van der Waals surface area contributed by atoms with Gasteiger partial charge in [0.05, 0.1) is 10.9 Å². The number of anilines is 1. The maximum atomic E-state index is 12.6. The van der Waals surface area contributed by atoms with E-state index in [0.717, 1.165) is 5.69 Å². The van der Waals surface area contributed by atoms with Crippen molar-refractivity contribution < 1.29 is 9.53 Å². The Bertz CT molecular complexity index is 1100. The van der Waals surface area contributed by atoms with Gasteiger partial charge < -0.3 is 19.9 Å². The predicted molar refractivity (Wildman–Crippen MR) is 116 cm³/mol. The van der Waals surface area contributed by atoms with Gasteiger partial charge in [0.15, 0.2) is 6.61 Å². The Hall–Kier alpha value is -3.35. The highest BCUT2D eigenvalue weighted by Crippen LogP contribution is 2.23.